The van der Waals surface area contributed by atoms with Crippen LogP contribution >= 0.6 is 0 Å². The van der Waals surface area contributed by atoms with Crippen molar-refractivity contribution in [1.82, 2.24) is 0 Å². The molecule has 8 atom stereocenters. The Balaban J connectivity index is 1.80. The van der Waals surface area contributed by atoms with E-state index in [1.165, 1.54) is 0 Å². The SMILES string of the molecule is CC(C)C(=O)O[C@@H]1CC(C)(O)[C@]23C=C[C@](C)(OO2)[C@@H]3[C@H]2OC(=O)[C@H](C)[C@@H]21. The molecule has 1 N–H and O–H groups in total. The summed E-state index contributed by atoms with van der Waals surface area (Å²) < 4.78 is 11.5. The summed E-state index contributed by atoms with van der Waals surface area (Å²) in [4.78, 5) is 35.9. The van der Waals surface area contributed by atoms with Crippen LogP contribution in [0.4, 0.5) is 0 Å². The molecule has 2 aliphatic carbocycles. The minimum absolute atomic E-state index is 0.133. The normalized spacial score (nSPS) is 51.8. The molecule has 4 aliphatic rings. The van der Waals surface area contributed by atoms with Crippen molar-refractivity contribution in [2.24, 2.45) is 23.7 Å². The molecule has 0 aromatic rings. The molecule has 0 amide bonds. The monoisotopic (exact) mass is 366 g/mol. The van der Waals surface area contributed by atoms with Gasteiger partial charge in [0.2, 0.25) is 0 Å². The smallest absolute Gasteiger partial charge is 0.309 e. The number of carbonyl (C=O) groups excluding carboxylic acids is 2. The summed E-state index contributed by atoms with van der Waals surface area (Å²) in [6.07, 6.45) is 2.59. The van der Waals surface area contributed by atoms with E-state index in [9.17, 15) is 14.7 Å². The lowest BCUT2D eigenvalue weighted by Crippen LogP contribution is -2.56. The van der Waals surface area contributed by atoms with E-state index in [4.69, 9.17) is 19.2 Å². The highest BCUT2D eigenvalue weighted by Gasteiger charge is 2.75. The molecule has 1 saturated carbocycles. The topological polar surface area (TPSA) is 91.3 Å². The van der Waals surface area contributed by atoms with Gasteiger partial charge in [-0.05, 0) is 19.9 Å². The number of aliphatic hydroxyl groups is 1. The zero-order chi connectivity index (χ0) is 19.1. The van der Waals surface area contributed by atoms with Crippen molar-refractivity contribution in [1.29, 1.82) is 0 Å². The quantitative estimate of drug-likeness (QED) is 0.450. The van der Waals surface area contributed by atoms with Gasteiger partial charge in [-0.15, -0.1) is 0 Å². The van der Waals surface area contributed by atoms with Crippen molar-refractivity contribution in [2.45, 2.75) is 70.1 Å². The van der Waals surface area contributed by atoms with Gasteiger partial charge in [0.15, 0.2) is 5.60 Å². The van der Waals surface area contributed by atoms with E-state index in [1.807, 2.05) is 19.1 Å². The number of fused-ring (bicyclic) bond motifs is 1. The first-order chi connectivity index (χ1) is 12.0. The van der Waals surface area contributed by atoms with E-state index in [2.05, 4.69) is 0 Å². The lowest BCUT2D eigenvalue weighted by molar-refractivity contribution is -0.361. The Morgan fingerprint density at radius 3 is 2.58 bits per heavy atom. The molecule has 2 saturated heterocycles. The maximum atomic E-state index is 12.4. The molecule has 0 radical (unpaired) electrons. The molecule has 144 valence electrons. The number of carbonyl (C=O) groups is 2. The number of esters is 2. The number of rotatable bonds is 2. The summed E-state index contributed by atoms with van der Waals surface area (Å²) in [6, 6.07) is 0. The highest BCUT2D eigenvalue weighted by Crippen LogP contribution is 2.62. The Morgan fingerprint density at radius 1 is 1.31 bits per heavy atom. The first-order valence-electron chi connectivity index (χ1n) is 9.23. The van der Waals surface area contributed by atoms with Crippen LogP contribution in [-0.2, 0) is 28.8 Å². The molecule has 26 heavy (non-hydrogen) atoms. The highest BCUT2D eigenvalue weighted by molar-refractivity contribution is 5.76. The summed E-state index contributed by atoms with van der Waals surface area (Å²) in [7, 11) is 0. The Bertz CT molecular complexity index is 683. The zero-order valence-electron chi connectivity index (χ0n) is 15.7. The van der Waals surface area contributed by atoms with Crippen molar-refractivity contribution in [2.75, 3.05) is 0 Å². The van der Waals surface area contributed by atoms with E-state index in [-0.39, 0.29) is 30.2 Å². The largest absolute Gasteiger partial charge is 0.462 e. The van der Waals surface area contributed by atoms with Gasteiger partial charge in [-0.3, -0.25) is 9.59 Å². The third kappa shape index (κ3) is 2.11. The Hall–Kier alpha value is -1.44. The van der Waals surface area contributed by atoms with E-state index < -0.39 is 40.8 Å². The first kappa shape index (κ1) is 17.9. The minimum Gasteiger partial charge on any atom is -0.462 e. The Morgan fingerprint density at radius 2 is 2.00 bits per heavy atom. The van der Waals surface area contributed by atoms with Crippen molar-refractivity contribution in [3.63, 3.8) is 0 Å². The average molecular weight is 366 g/mol. The van der Waals surface area contributed by atoms with Crippen LogP contribution in [-0.4, -0.2) is 46.1 Å². The molecular formula is C19H26O7. The van der Waals surface area contributed by atoms with Crippen LogP contribution in [0.1, 0.15) is 41.0 Å². The second-order valence-electron chi connectivity index (χ2n) is 8.83. The van der Waals surface area contributed by atoms with Crippen LogP contribution in [0.15, 0.2) is 12.2 Å². The fraction of sp³-hybridized carbons (Fsp3) is 0.789. The third-order valence-corrected chi connectivity index (χ3v) is 6.62. The summed E-state index contributed by atoms with van der Waals surface area (Å²) in [5, 5.41) is 11.4. The number of hydrogen-bond acceptors (Lipinski definition) is 7. The molecule has 0 spiro atoms. The molecule has 4 rings (SSSR count). The van der Waals surface area contributed by atoms with Gasteiger partial charge in [-0.2, -0.15) is 0 Å². The zero-order valence-corrected chi connectivity index (χ0v) is 15.7. The molecule has 2 bridgehead atoms. The predicted molar refractivity (Wildman–Crippen MR) is 88.4 cm³/mol. The van der Waals surface area contributed by atoms with Gasteiger partial charge in [-0.1, -0.05) is 26.8 Å². The van der Waals surface area contributed by atoms with E-state index in [1.54, 1.807) is 27.7 Å². The van der Waals surface area contributed by atoms with Crippen molar-refractivity contribution >= 4 is 11.9 Å². The Labute approximate surface area is 152 Å². The van der Waals surface area contributed by atoms with Gasteiger partial charge in [0, 0.05) is 12.3 Å². The highest BCUT2D eigenvalue weighted by atomic mass is 17.2. The molecule has 7 heteroatoms. The maximum Gasteiger partial charge on any atom is 0.309 e. The average Bonchev–Trinajstić information content (AvgIpc) is 3.10. The van der Waals surface area contributed by atoms with Gasteiger partial charge in [-0.25, -0.2) is 9.78 Å². The van der Waals surface area contributed by atoms with Gasteiger partial charge in [0.05, 0.1) is 17.8 Å². The second-order valence-corrected chi connectivity index (χ2v) is 8.83. The standard InChI is InChI=1S/C19H26O7/c1-9(2)15(20)23-11-8-18(5,22)19-7-6-17(4,25-26-19)14(19)13-12(11)10(3)16(21)24-13/h6-7,9-14,22H,8H2,1-5H3/t10-,11-,12-,13+,14+,17+,18?,19-/m1/s1. The van der Waals surface area contributed by atoms with Crippen LogP contribution < -0.4 is 0 Å². The lowest BCUT2D eigenvalue weighted by Gasteiger charge is -2.40. The number of ether oxygens (including phenoxy) is 2. The molecule has 0 aromatic carbocycles. The second kappa shape index (κ2) is 5.30. The molecule has 7 nitrogen and oxygen atoms in total. The fourth-order valence-corrected chi connectivity index (χ4v) is 5.09. The molecule has 0 aromatic heterocycles. The van der Waals surface area contributed by atoms with Crippen molar-refractivity contribution in [3.05, 3.63) is 12.2 Å². The lowest BCUT2D eigenvalue weighted by atomic mass is 9.70. The van der Waals surface area contributed by atoms with Crippen molar-refractivity contribution < 1.29 is 33.9 Å². The van der Waals surface area contributed by atoms with Crippen molar-refractivity contribution in [3.8, 4) is 0 Å². The van der Waals surface area contributed by atoms with Gasteiger partial charge >= 0.3 is 11.9 Å². The summed E-state index contributed by atoms with van der Waals surface area (Å²) in [5.74, 6) is -2.21. The van der Waals surface area contributed by atoms with Crippen LogP contribution in [0.25, 0.3) is 0 Å². The minimum atomic E-state index is -1.36. The van der Waals surface area contributed by atoms with Gasteiger partial charge in [0.25, 0.3) is 0 Å². The summed E-state index contributed by atoms with van der Waals surface area (Å²) in [5.41, 5.74) is -3.32. The predicted octanol–water partition coefficient (Wildman–Crippen LogP) is 1.53. The number of hydrogen-bond donors (Lipinski definition) is 1. The molecule has 3 fully saturated rings. The molecular weight excluding hydrogens is 340 g/mol. The van der Waals surface area contributed by atoms with Crippen LogP contribution in [0.5, 0.6) is 0 Å². The van der Waals surface area contributed by atoms with E-state index in [0.717, 1.165) is 0 Å². The maximum absolute atomic E-state index is 12.4. The van der Waals surface area contributed by atoms with Gasteiger partial charge in [0.1, 0.15) is 23.4 Å². The summed E-state index contributed by atoms with van der Waals surface area (Å²) >= 11 is 0. The molecule has 2 heterocycles. The van der Waals surface area contributed by atoms with Crippen LogP contribution in [0.2, 0.25) is 0 Å². The van der Waals surface area contributed by atoms with E-state index >= 15 is 0 Å². The first-order valence-corrected chi connectivity index (χ1v) is 9.23. The third-order valence-electron chi connectivity index (χ3n) is 6.62. The molecule has 2 aliphatic heterocycles. The van der Waals surface area contributed by atoms with Crippen LogP contribution in [0, 0.1) is 23.7 Å². The Kier molecular flexibility index (Phi) is 3.66. The van der Waals surface area contributed by atoms with E-state index in [0.29, 0.717) is 0 Å². The fourth-order valence-electron chi connectivity index (χ4n) is 5.09. The van der Waals surface area contributed by atoms with Gasteiger partial charge < -0.3 is 14.6 Å². The molecule has 1 unspecified atom stereocenters. The van der Waals surface area contributed by atoms with Crippen LogP contribution in [0.3, 0.4) is 0 Å². The summed E-state index contributed by atoms with van der Waals surface area (Å²) in [6.45, 7) is 8.81.